The van der Waals surface area contributed by atoms with E-state index in [2.05, 4.69) is 0 Å². The third-order valence-corrected chi connectivity index (χ3v) is 3.69. The molecule has 8 heteroatoms. The van der Waals surface area contributed by atoms with Crippen LogP contribution in [-0.4, -0.2) is 31.7 Å². The zero-order chi connectivity index (χ0) is 13.8. The fraction of sp³-hybridized carbons (Fsp3) is 0.300. The normalized spacial score (nSPS) is 11.1. The second-order valence-electron chi connectivity index (χ2n) is 3.75. The lowest BCUT2D eigenvalue weighted by Gasteiger charge is -2.00. The third-order valence-electron chi connectivity index (χ3n) is 2.17. The molecule has 0 spiro atoms. The van der Waals surface area contributed by atoms with Crippen molar-refractivity contribution >= 4 is 21.7 Å². The minimum absolute atomic E-state index is 0.122. The molecule has 0 radical (unpaired) electrons. The van der Waals surface area contributed by atoms with Crippen LogP contribution in [-0.2, 0) is 21.2 Å². The second-order valence-corrected chi connectivity index (χ2v) is 5.94. The van der Waals surface area contributed by atoms with Crippen LogP contribution in [0.25, 0.3) is 0 Å². The Labute approximate surface area is 104 Å². The molecular weight excluding hydrogens is 258 g/mol. The molecule has 0 saturated carbocycles. The van der Waals surface area contributed by atoms with Crippen LogP contribution in [0.2, 0.25) is 0 Å². The van der Waals surface area contributed by atoms with Gasteiger partial charge in [-0.25, -0.2) is 13.0 Å². The lowest BCUT2D eigenvalue weighted by molar-refractivity contribution is -0.692. The molecule has 0 aliphatic heterocycles. The van der Waals surface area contributed by atoms with E-state index in [-0.39, 0.29) is 17.9 Å². The largest absolute Gasteiger partial charge is 0.369 e. The van der Waals surface area contributed by atoms with Gasteiger partial charge < -0.3 is 11.5 Å². The molecular formula is C10H14N3O4S+. The number of amides is 2. The Kier molecular flexibility index (Phi) is 4.38. The number of hydrogen-bond donors (Lipinski definition) is 2. The van der Waals surface area contributed by atoms with Crippen molar-refractivity contribution in [2.75, 3.05) is 11.5 Å². The fourth-order valence-corrected chi connectivity index (χ4v) is 2.41. The number of sulfone groups is 1. The van der Waals surface area contributed by atoms with Crippen LogP contribution < -0.4 is 16.0 Å². The predicted octanol–water partition coefficient (Wildman–Crippen LogP) is -2.03. The van der Waals surface area contributed by atoms with Crippen molar-refractivity contribution in [1.82, 2.24) is 0 Å². The van der Waals surface area contributed by atoms with E-state index in [0.717, 1.165) is 0 Å². The number of aryl methyl sites for hydroxylation is 1. The monoisotopic (exact) mass is 272 g/mol. The van der Waals surface area contributed by atoms with Gasteiger partial charge in [0.05, 0.1) is 0 Å². The second kappa shape index (κ2) is 5.58. The van der Waals surface area contributed by atoms with Crippen LogP contribution in [0.15, 0.2) is 24.5 Å². The molecule has 0 atom stereocenters. The Morgan fingerprint density at radius 1 is 1.28 bits per heavy atom. The van der Waals surface area contributed by atoms with E-state index >= 15 is 0 Å². The van der Waals surface area contributed by atoms with Gasteiger partial charge in [-0.2, -0.15) is 0 Å². The summed E-state index contributed by atoms with van der Waals surface area (Å²) in [5, 5.41) is 0. The quantitative estimate of drug-likeness (QED) is 0.579. The van der Waals surface area contributed by atoms with E-state index in [1.807, 2.05) is 0 Å². The smallest absolute Gasteiger partial charge is 0.254 e. The summed E-state index contributed by atoms with van der Waals surface area (Å²) >= 11 is 0. The molecule has 1 rings (SSSR count). The molecule has 0 aromatic carbocycles. The molecule has 1 aromatic rings. The standard InChI is InChI=1S/C10H13N3O4S/c11-9(14)7-18(16,17)5-4-13-3-1-2-8(6-13)10(12)15/h1-3,6H,4-5,7H2,(H3-,11,12,14,15)/p+1. The SMILES string of the molecule is NC(=O)CS(=O)(=O)CC[n+]1cccc(C(N)=O)c1. The number of primary amides is 2. The molecule has 1 aromatic heterocycles. The van der Waals surface area contributed by atoms with Gasteiger partial charge in [0, 0.05) is 6.07 Å². The first-order chi connectivity index (χ1) is 8.30. The zero-order valence-corrected chi connectivity index (χ0v) is 10.4. The van der Waals surface area contributed by atoms with Gasteiger partial charge in [-0.3, -0.25) is 9.59 Å². The van der Waals surface area contributed by atoms with Crippen molar-refractivity contribution in [2.24, 2.45) is 11.5 Å². The molecule has 0 bridgehead atoms. The van der Waals surface area contributed by atoms with Crippen LogP contribution in [0.5, 0.6) is 0 Å². The van der Waals surface area contributed by atoms with Gasteiger partial charge >= 0.3 is 0 Å². The van der Waals surface area contributed by atoms with E-state index in [1.54, 1.807) is 12.3 Å². The Hall–Kier alpha value is -1.96. The minimum atomic E-state index is -3.52. The van der Waals surface area contributed by atoms with Crippen LogP contribution in [0.3, 0.4) is 0 Å². The Morgan fingerprint density at radius 3 is 2.50 bits per heavy atom. The molecule has 0 fully saturated rings. The first-order valence-electron chi connectivity index (χ1n) is 5.08. The van der Waals surface area contributed by atoms with Crippen molar-refractivity contribution < 1.29 is 22.6 Å². The first-order valence-corrected chi connectivity index (χ1v) is 6.90. The van der Waals surface area contributed by atoms with E-state index in [4.69, 9.17) is 11.5 Å². The molecule has 18 heavy (non-hydrogen) atoms. The Morgan fingerprint density at radius 2 is 1.94 bits per heavy atom. The number of carbonyl (C=O) groups excluding carboxylic acids is 2. The van der Waals surface area contributed by atoms with E-state index in [1.165, 1.54) is 16.8 Å². The summed E-state index contributed by atoms with van der Waals surface area (Å²) in [5.41, 5.74) is 10.2. The predicted molar refractivity (Wildman–Crippen MR) is 63.0 cm³/mol. The number of nitrogens with two attached hydrogens (primary N) is 2. The lowest BCUT2D eigenvalue weighted by Crippen LogP contribution is -2.39. The zero-order valence-electron chi connectivity index (χ0n) is 9.57. The summed E-state index contributed by atoms with van der Waals surface area (Å²) in [6, 6.07) is 3.11. The number of carbonyl (C=O) groups is 2. The maximum atomic E-state index is 11.4. The van der Waals surface area contributed by atoms with Gasteiger partial charge in [0.15, 0.2) is 28.8 Å². The minimum Gasteiger partial charge on any atom is -0.369 e. The molecule has 7 nitrogen and oxygen atoms in total. The van der Waals surface area contributed by atoms with Crippen molar-refractivity contribution in [3.05, 3.63) is 30.1 Å². The molecule has 98 valence electrons. The maximum absolute atomic E-state index is 11.4. The molecule has 2 amide bonds. The maximum Gasteiger partial charge on any atom is 0.254 e. The molecule has 0 saturated heterocycles. The van der Waals surface area contributed by atoms with Gasteiger partial charge in [-0.1, -0.05) is 0 Å². The summed E-state index contributed by atoms with van der Waals surface area (Å²) in [5.74, 6) is -2.39. The van der Waals surface area contributed by atoms with Crippen molar-refractivity contribution in [2.45, 2.75) is 6.54 Å². The average molecular weight is 272 g/mol. The highest BCUT2D eigenvalue weighted by atomic mass is 32.2. The van der Waals surface area contributed by atoms with Crippen LogP contribution in [0, 0.1) is 0 Å². The fourth-order valence-electron chi connectivity index (χ4n) is 1.34. The van der Waals surface area contributed by atoms with Crippen LogP contribution in [0.1, 0.15) is 10.4 Å². The highest BCUT2D eigenvalue weighted by Gasteiger charge is 2.17. The summed E-state index contributed by atoms with van der Waals surface area (Å²) in [7, 11) is -3.52. The molecule has 0 aliphatic rings. The van der Waals surface area contributed by atoms with Crippen molar-refractivity contribution in [3.8, 4) is 0 Å². The Bertz CT molecular complexity index is 568. The number of nitrogens with zero attached hydrogens (tertiary/aromatic N) is 1. The van der Waals surface area contributed by atoms with E-state index < -0.39 is 27.4 Å². The average Bonchev–Trinajstić information content (AvgIpc) is 2.25. The molecule has 0 unspecified atom stereocenters. The summed E-state index contributed by atoms with van der Waals surface area (Å²) in [6.07, 6.45) is 3.05. The van der Waals surface area contributed by atoms with Crippen LogP contribution >= 0.6 is 0 Å². The highest BCUT2D eigenvalue weighted by Crippen LogP contribution is 1.94. The highest BCUT2D eigenvalue weighted by molar-refractivity contribution is 7.92. The number of hydrogen-bond acceptors (Lipinski definition) is 4. The summed E-state index contributed by atoms with van der Waals surface area (Å²) < 4.78 is 24.4. The topological polar surface area (TPSA) is 124 Å². The first kappa shape index (κ1) is 14.1. The van der Waals surface area contributed by atoms with Crippen molar-refractivity contribution in [3.63, 3.8) is 0 Å². The third kappa shape index (κ3) is 4.50. The lowest BCUT2D eigenvalue weighted by atomic mass is 10.3. The van der Waals surface area contributed by atoms with E-state index in [0.29, 0.717) is 0 Å². The molecule has 1 heterocycles. The van der Waals surface area contributed by atoms with Gasteiger partial charge in [0.1, 0.15) is 17.1 Å². The number of aromatic nitrogens is 1. The van der Waals surface area contributed by atoms with Gasteiger partial charge in [0.2, 0.25) is 5.91 Å². The summed E-state index contributed by atoms with van der Waals surface area (Å²) in [6.45, 7) is 0.122. The Balaban J connectivity index is 2.72. The van der Waals surface area contributed by atoms with Crippen LogP contribution in [0.4, 0.5) is 0 Å². The molecule has 0 aliphatic carbocycles. The van der Waals surface area contributed by atoms with Gasteiger partial charge in [0.25, 0.3) is 5.91 Å². The van der Waals surface area contributed by atoms with E-state index in [9.17, 15) is 18.0 Å². The van der Waals surface area contributed by atoms with Gasteiger partial charge in [-0.05, 0) is 6.07 Å². The number of pyridine rings is 1. The molecule has 4 N–H and O–H groups in total. The van der Waals surface area contributed by atoms with Crippen molar-refractivity contribution in [1.29, 1.82) is 0 Å². The van der Waals surface area contributed by atoms with Gasteiger partial charge in [-0.15, -0.1) is 0 Å². The summed E-state index contributed by atoms with van der Waals surface area (Å²) in [4.78, 5) is 21.5. The number of rotatable bonds is 6.